The lowest BCUT2D eigenvalue weighted by atomic mass is 10.2. The zero-order chi connectivity index (χ0) is 24.2. The summed E-state index contributed by atoms with van der Waals surface area (Å²) in [6.45, 7) is 2.69. The number of hydrogen-bond acceptors (Lipinski definition) is 6. The predicted molar refractivity (Wildman–Crippen MR) is 115 cm³/mol. The lowest BCUT2D eigenvalue weighted by Crippen LogP contribution is -2.21. The minimum Gasteiger partial charge on any atom is -0.452 e. The zero-order valence-electron chi connectivity index (χ0n) is 17.6. The Balaban J connectivity index is 1.59. The van der Waals surface area contributed by atoms with Crippen LogP contribution in [0.15, 0.2) is 65.6 Å². The minimum atomic E-state index is -4.08. The van der Waals surface area contributed by atoms with Gasteiger partial charge >= 0.3 is 16.1 Å². The molecule has 1 N–H and O–H groups in total. The van der Waals surface area contributed by atoms with E-state index in [1.807, 2.05) is 0 Å². The predicted octanol–water partition coefficient (Wildman–Crippen LogP) is 4.14. The Bertz CT molecular complexity index is 1310. The number of halogens is 2. The number of aryl methyl sites for hydroxylation is 2. The largest absolute Gasteiger partial charge is 0.452 e. The van der Waals surface area contributed by atoms with E-state index in [0.717, 1.165) is 17.7 Å². The quantitative estimate of drug-likeness (QED) is 0.407. The van der Waals surface area contributed by atoms with Crippen molar-refractivity contribution in [1.82, 2.24) is 0 Å². The first-order chi connectivity index (χ1) is 15.5. The number of hydrogen-bond donors (Lipinski definition) is 1. The van der Waals surface area contributed by atoms with Crippen molar-refractivity contribution in [2.75, 3.05) is 11.9 Å². The van der Waals surface area contributed by atoms with Crippen LogP contribution in [0.3, 0.4) is 0 Å². The van der Waals surface area contributed by atoms with Gasteiger partial charge in [0, 0.05) is 6.07 Å². The molecule has 0 saturated carbocycles. The molecule has 3 aromatic rings. The Hall–Kier alpha value is -3.79. The van der Waals surface area contributed by atoms with Gasteiger partial charge in [0.05, 0.1) is 11.3 Å². The summed E-state index contributed by atoms with van der Waals surface area (Å²) < 4.78 is 61.6. The molecule has 0 bridgehead atoms. The number of nitrogens with one attached hydrogen (secondary N) is 1. The molecule has 0 aliphatic carbocycles. The van der Waals surface area contributed by atoms with Crippen molar-refractivity contribution < 1.29 is 35.7 Å². The fourth-order valence-electron chi connectivity index (χ4n) is 2.79. The van der Waals surface area contributed by atoms with E-state index < -0.39 is 40.2 Å². The number of benzene rings is 3. The standard InChI is InChI=1S/C23H19F2NO6S/c1-14-3-4-15(2)21(11-14)33(29,30)32-18-8-5-16(6-9-18)23(28)31-13-22(27)26-20-10-7-17(24)12-19(20)25/h3-12H,13H2,1-2H3,(H,26,27). The number of amides is 1. The van der Waals surface area contributed by atoms with Crippen LogP contribution in [0, 0.1) is 25.5 Å². The summed E-state index contributed by atoms with van der Waals surface area (Å²) in [6, 6.07) is 12.6. The first-order valence-electron chi connectivity index (χ1n) is 9.59. The van der Waals surface area contributed by atoms with Crippen molar-refractivity contribution in [3.05, 3.63) is 89.0 Å². The number of anilines is 1. The highest BCUT2D eigenvalue weighted by Gasteiger charge is 2.20. The molecule has 172 valence electrons. The summed E-state index contributed by atoms with van der Waals surface area (Å²) in [5.74, 6) is -3.48. The molecule has 0 fully saturated rings. The lowest BCUT2D eigenvalue weighted by molar-refractivity contribution is -0.119. The van der Waals surface area contributed by atoms with Crippen molar-refractivity contribution in [3.63, 3.8) is 0 Å². The maximum atomic E-state index is 13.6. The highest BCUT2D eigenvalue weighted by atomic mass is 32.2. The molecule has 33 heavy (non-hydrogen) atoms. The summed E-state index contributed by atoms with van der Waals surface area (Å²) in [5, 5.41) is 2.16. The Labute approximate surface area is 189 Å². The Morgan fingerprint density at radius 3 is 2.30 bits per heavy atom. The summed E-state index contributed by atoms with van der Waals surface area (Å²) in [4.78, 5) is 24.0. The number of rotatable bonds is 7. The van der Waals surface area contributed by atoms with E-state index in [0.29, 0.717) is 11.6 Å². The van der Waals surface area contributed by atoms with Gasteiger partial charge in [-0.2, -0.15) is 8.42 Å². The van der Waals surface area contributed by atoms with Crippen molar-refractivity contribution in [2.24, 2.45) is 0 Å². The molecular formula is C23H19F2NO6S. The number of carbonyl (C=O) groups is 2. The molecule has 0 radical (unpaired) electrons. The third-order valence-electron chi connectivity index (χ3n) is 4.45. The van der Waals surface area contributed by atoms with Crippen molar-refractivity contribution >= 4 is 27.7 Å². The minimum absolute atomic E-state index is 0.0167. The number of esters is 1. The Morgan fingerprint density at radius 1 is 0.939 bits per heavy atom. The van der Waals surface area contributed by atoms with Gasteiger partial charge in [0.15, 0.2) is 6.61 Å². The van der Waals surface area contributed by atoms with Gasteiger partial charge in [-0.1, -0.05) is 12.1 Å². The Kier molecular flexibility index (Phi) is 7.07. The topological polar surface area (TPSA) is 98.8 Å². The molecule has 1 amide bonds. The van der Waals surface area contributed by atoms with Gasteiger partial charge in [0.25, 0.3) is 5.91 Å². The third kappa shape index (κ3) is 6.13. The molecule has 0 saturated heterocycles. The first-order valence-corrected chi connectivity index (χ1v) is 11.0. The molecule has 0 heterocycles. The van der Waals surface area contributed by atoms with Gasteiger partial charge in [0.1, 0.15) is 22.3 Å². The first kappa shape index (κ1) is 23.9. The normalized spacial score (nSPS) is 11.0. The molecule has 7 nitrogen and oxygen atoms in total. The van der Waals surface area contributed by atoms with Crippen molar-refractivity contribution in [1.29, 1.82) is 0 Å². The SMILES string of the molecule is Cc1ccc(C)c(S(=O)(=O)Oc2ccc(C(=O)OCC(=O)Nc3ccc(F)cc3F)cc2)c1. The van der Waals surface area contributed by atoms with Crippen LogP contribution in [-0.4, -0.2) is 26.9 Å². The highest BCUT2D eigenvalue weighted by molar-refractivity contribution is 7.87. The summed E-state index contributed by atoms with van der Waals surface area (Å²) in [5.41, 5.74) is 1.06. The fourth-order valence-corrected chi connectivity index (χ4v) is 4.03. The van der Waals surface area contributed by atoms with Gasteiger partial charge in [-0.15, -0.1) is 0 Å². The number of ether oxygens (including phenoxy) is 1. The smallest absolute Gasteiger partial charge is 0.339 e. The van der Waals surface area contributed by atoms with Crippen molar-refractivity contribution in [3.8, 4) is 5.75 Å². The van der Waals surface area contributed by atoms with Crippen LogP contribution >= 0.6 is 0 Å². The maximum Gasteiger partial charge on any atom is 0.339 e. The van der Waals surface area contributed by atoms with Gasteiger partial charge in [-0.05, 0) is 67.4 Å². The monoisotopic (exact) mass is 475 g/mol. The van der Waals surface area contributed by atoms with E-state index in [1.165, 1.54) is 30.3 Å². The van der Waals surface area contributed by atoms with Gasteiger partial charge in [0.2, 0.25) is 0 Å². The summed E-state index contributed by atoms with van der Waals surface area (Å²) in [7, 11) is -4.08. The van der Waals surface area contributed by atoms with Gasteiger partial charge < -0.3 is 14.2 Å². The van der Waals surface area contributed by atoms with E-state index in [9.17, 15) is 26.8 Å². The molecular weight excluding hydrogens is 456 g/mol. The fraction of sp³-hybridized carbons (Fsp3) is 0.130. The zero-order valence-corrected chi connectivity index (χ0v) is 18.4. The second kappa shape index (κ2) is 9.78. The summed E-state index contributed by atoms with van der Waals surface area (Å²) in [6.07, 6.45) is 0. The van der Waals surface area contributed by atoms with E-state index in [2.05, 4.69) is 5.32 Å². The Morgan fingerprint density at radius 2 is 1.64 bits per heavy atom. The molecule has 3 rings (SSSR count). The van der Waals surface area contributed by atoms with E-state index in [1.54, 1.807) is 26.0 Å². The molecule has 3 aromatic carbocycles. The van der Waals surface area contributed by atoms with E-state index in [-0.39, 0.29) is 21.9 Å². The second-order valence-corrected chi connectivity index (χ2v) is 8.59. The van der Waals surface area contributed by atoms with Crippen LogP contribution in [0.4, 0.5) is 14.5 Å². The highest BCUT2D eigenvalue weighted by Crippen LogP contribution is 2.23. The van der Waals surface area contributed by atoms with Crippen LogP contribution in [0.5, 0.6) is 5.75 Å². The van der Waals surface area contributed by atoms with Crippen LogP contribution in [0.1, 0.15) is 21.5 Å². The van der Waals surface area contributed by atoms with Gasteiger partial charge in [-0.3, -0.25) is 4.79 Å². The molecule has 0 atom stereocenters. The summed E-state index contributed by atoms with van der Waals surface area (Å²) >= 11 is 0. The van der Waals surface area contributed by atoms with Crippen molar-refractivity contribution in [2.45, 2.75) is 18.7 Å². The van der Waals surface area contributed by atoms with E-state index in [4.69, 9.17) is 8.92 Å². The van der Waals surface area contributed by atoms with Crippen LogP contribution in [0.25, 0.3) is 0 Å². The van der Waals surface area contributed by atoms with Crippen LogP contribution in [-0.2, 0) is 19.6 Å². The van der Waals surface area contributed by atoms with Crippen LogP contribution in [0.2, 0.25) is 0 Å². The average molecular weight is 475 g/mol. The van der Waals surface area contributed by atoms with Gasteiger partial charge in [-0.25, -0.2) is 13.6 Å². The van der Waals surface area contributed by atoms with Crippen LogP contribution < -0.4 is 9.50 Å². The molecule has 0 spiro atoms. The lowest BCUT2D eigenvalue weighted by Gasteiger charge is -2.11. The molecule has 0 aliphatic rings. The third-order valence-corrected chi connectivity index (χ3v) is 5.84. The van der Waals surface area contributed by atoms with E-state index >= 15 is 0 Å². The molecule has 0 aromatic heterocycles. The second-order valence-electron chi connectivity index (χ2n) is 7.08. The number of carbonyl (C=O) groups excluding carboxylic acids is 2. The average Bonchev–Trinajstić information content (AvgIpc) is 2.76. The molecule has 0 aliphatic heterocycles. The maximum absolute atomic E-state index is 13.6. The molecule has 0 unspecified atom stereocenters. The molecule has 10 heteroatoms.